The number of oxime groups is 1. The molecule has 0 bridgehead atoms. The largest absolute Gasteiger partial charge is 0.371 e. The average molecular weight is 478 g/mol. The summed E-state index contributed by atoms with van der Waals surface area (Å²) in [6, 6.07) is 17.3. The average Bonchev–Trinajstić information content (AvgIpc) is 3.21. The minimum Gasteiger partial charge on any atom is -0.371 e. The van der Waals surface area contributed by atoms with Gasteiger partial charge in [0.15, 0.2) is 5.75 Å². The highest BCUT2D eigenvalue weighted by atomic mass is 32.2. The standard InChI is InChI=1S/C26H27N3O4S/c1-4-29-14-13-22-16-20(6-11-24(22)29)17-27-33-23-9-7-21(8-10-23)26(30)28-34(31,32)25-12-5-18(2)15-19(25)3/h5-12,15-17H,4,13-14H2,1-3H3,(H,28,30). The van der Waals surface area contributed by atoms with Gasteiger partial charge in [0.05, 0.1) is 11.1 Å². The summed E-state index contributed by atoms with van der Waals surface area (Å²) in [5.74, 6) is -0.280. The number of amides is 1. The van der Waals surface area contributed by atoms with Gasteiger partial charge >= 0.3 is 0 Å². The van der Waals surface area contributed by atoms with Gasteiger partial charge in [0.25, 0.3) is 15.9 Å². The molecule has 3 aromatic rings. The van der Waals surface area contributed by atoms with E-state index in [-0.39, 0.29) is 10.5 Å². The number of rotatable bonds is 7. The predicted octanol–water partition coefficient (Wildman–Crippen LogP) is 4.22. The Balaban J connectivity index is 1.38. The Morgan fingerprint density at radius 3 is 2.56 bits per heavy atom. The molecular formula is C26H27N3O4S. The van der Waals surface area contributed by atoms with Crippen molar-refractivity contribution in [2.24, 2.45) is 5.16 Å². The number of nitrogens with zero attached hydrogens (tertiary/aromatic N) is 2. The Bertz CT molecular complexity index is 1350. The van der Waals surface area contributed by atoms with Gasteiger partial charge in [-0.15, -0.1) is 0 Å². The first kappa shape index (κ1) is 23.5. The Labute approximate surface area is 200 Å². The van der Waals surface area contributed by atoms with Crippen molar-refractivity contribution in [2.75, 3.05) is 18.0 Å². The molecule has 0 aromatic heterocycles. The van der Waals surface area contributed by atoms with Crippen molar-refractivity contribution in [2.45, 2.75) is 32.1 Å². The molecule has 0 unspecified atom stereocenters. The lowest BCUT2D eigenvalue weighted by atomic mass is 10.1. The van der Waals surface area contributed by atoms with Crippen molar-refractivity contribution in [3.05, 3.63) is 88.5 Å². The van der Waals surface area contributed by atoms with Crippen LogP contribution < -0.4 is 14.5 Å². The number of hydrogen-bond donors (Lipinski definition) is 1. The second kappa shape index (κ2) is 9.69. The highest BCUT2D eigenvalue weighted by Gasteiger charge is 2.21. The van der Waals surface area contributed by atoms with Crippen LogP contribution in [-0.4, -0.2) is 33.6 Å². The van der Waals surface area contributed by atoms with E-state index in [0.29, 0.717) is 11.3 Å². The van der Waals surface area contributed by atoms with Crippen LogP contribution in [0.1, 0.15) is 39.5 Å². The van der Waals surface area contributed by atoms with Crippen molar-refractivity contribution < 1.29 is 18.0 Å². The first-order valence-electron chi connectivity index (χ1n) is 11.1. The summed E-state index contributed by atoms with van der Waals surface area (Å²) in [7, 11) is -3.98. The van der Waals surface area contributed by atoms with Crippen LogP contribution in [0, 0.1) is 13.8 Å². The Hall–Kier alpha value is -3.65. The normalized spacial score (nSPS) is 13.2. The van der Waals surface area contributed by atoms with E-state index in [9.17, 15) is 13.2 Å². The molecule has 0 spiro atoms. The van der Waals surface area contributed by atoms with Crippen molar-refractivity contribution in [3.8, 4) is 5.75 Å². The maximum Gasteiger partial charge on any atom is 0.265 e. The number of sulfonamides is 1. The number of fused-ring (bicyclic) bond motifs is 1. The molecule has 0 aliphatic carbocycles. The molecule has 1 aliphatic heterocycles. The molecule has 1 aliphatic rings. The quantitative estimate of drug-likeness (QED) is 0.407. The van der Waals surface area contributed by atoms with Gasteiger partial charge in [-0.05, 0) is 86.3 Å². The van der Waals surface area contributed by atoms with Crippen LogP contribution in [0.2, 0.25) is 0 Å². The van der Waals surface area contributed by atoms with Crippen LogP contribution in [0.25, 0.3) is 0 Å². The number of carbonyl (C=O) groups excluding carboxylic acids is 1. The number of carbonyl (C=O) groups is 1. The van der Waals surface area contributed by atoms with Gasteiger partial charge in [-0.3, -0.25) is 4.79 Å². The minimum absolute atomic E-state index is 0.0784. The van der Waals surface area contributed by atoms with Crippen LogP contribution in [-0.2, 0) is 16.4 Å². The smallest absolute Gasteiger partial charge is 0.265 e. The summed E-state index contributed by atoms with van der Waals surface area (Å²) in [5, 5.41) is 4.03. The molecule has 34 heavy (non-hydrogen) atoms. The van der Waals surface area contributed by atoms with E-state index in [4.69, 9.17) is 4.84 Å². The molecule has 4 rings (SSSR count). The van der Waals surface area contributed by atoms with Gasteiger partial charge in [0.1, 0.15) is 0 Å². The van der Waals surface area contributed by atoms with Gasteiger partial charge in [-0.2, -0.15) is 0 Å². The van der Waals surface area contributed by atoms with E-state index in [2.05, 4.69) is 33.8 Å². The molecule has 0 radical (unpaired) electrons. The van der Waals surface area contributed by atoms with E-state index in [1.54, 1.807) is 37.4 Å². The summed E-state index contributed by atoms with van der Waals surface area (Å²) in [6.45, 7) is 7.75. The molecule has 8 heteroatoms. The molecule has 3 aromatic carbocycles. The van der Waals surface area contributed by atoms with Crippen LogP contribution >= 0.6 is 0 Å². The predicted molar refractivity (Wildman–Crippen MR) is 133 cm³/mol. The van der Waals surface area contributed by atoms with Gasteiger partial charge in [-0.25, -0.2) is 13.1 Å². The second-order valence-corrected chi connectivity index (χ2v) is 9.92. The summed E-state index contributed by atoms with van der Waals surface area (Å²) < 4.78 is 27.4. The lowest BCUT2D eigenvalue weighted by Gasteiger charge is -2.16. The van der Waals surface area contributed by atoms with Crippen molar-refractivity contribution in [3.63, 3.8) is 0 Å². The highest BCUT2D eigenvalue weighted by molar-refractivity contribution is 7.90. The molecule has 0 fully saturated rings. The lowest BCUT2D eigenvalue weighted by Crippen LogP contribution is -2.31. The zero-order valence-corrected chi connectivity index (χ0v) is 20.2. The molecule has 0 saturated carbocycles. The molecule has 0 saturated heterocycles. The highest BCUT2D eigenvalue weighted by Crippen LogP contribution is 2.28. The Morgan fingerprint density at radius 1 is 1.09 bits per heavy atom. The summed E-state index contributed by atoms with van der Waals surface area (Å²) in [4.78, 5) is 20.3. The monoisotopic (exact) mass is 477 g/mol. The third-order valence-corrected chi connectivity index (χ3v) is 7.29. The van der Waals surface area contributed by atoms with Crippen molar-refractivity contribution >= 4 is 27.8 Å². The number of likely N-dealkylation sites (N-methyl/N-ethyl adjacent to an activating group) is 1. The molecule has 1 heterocycles. The number of nitrogens with one attached hydrogen (secondary N) is 1. The number of aryl methyl sites for hydroxylation is 2. The summed E-state index contributed by atoms with van der Waals surface area (Å²) in [6.07, 6.45) is 2.67. The van der Waals surface area contributed by atoms with Crippen molar-refractivity contribution in [1.29, 1.82) is 0 Å². The van der Waals surface area contributed by atoms with Crippen LogP contribution in [0.4, 0.5) is 5.69 Å². The first-order chi connectivity index (χ1) is 16.3. The fourth-order valence-electron chi connectivity index (χ4n) is 4.05. The SMILES string of the molecule is CCN1CCc2cc(C=NOc3ccc(C(=O)NS(=O)(=O)c4ccc(C)cc4C)cc3)ccc21. The first-order valence-corrected chi connectivity index (χ1v) is 12.6. The fraction of sp³-hybridized carbons (Fsp3) is 0.231. The Kier molecular flexibility index (Phi) is 6.70. The van der Waals surface area contributed by atoms with Gasteiger partial charge in [-0.1, -0.05) is 28.9 Å². The number of anilines is 1. The maximum absolute atomic E-state index is 12.6. The molecule has 0 atom stereocenters. The summed E-state index contributed by atoms with van der Waals surface area (Å²) >= 11 is 0. The lowest BCUT2D eigenvalue weighted by molar-refractivity contribution is 0.0981. The molecule has 7 nitrogen and oxygen atoms in total. The number of hydrogen-bond acceptors (Lipinski definition) is 6. The third kappa shape index (κ3) is 5.12. The van der Waals surface area contributed by atoms with E-state index in [1.807, 2.05) is 13.0 Å². The van der Waals surface area contributed by atoms with Gasteiger partial charge in [0.2, 0.25) is 0 Å². The van der Waals surface area contributed by atoms with Crippen LogP contribution in [0.3, 0.4) is 0 Å². The zero-order chi connectivity index (χ0) is 24.3. The van der Waals surface area contributed by atoms with E-state index in [1.165, 1.54) is 29.4 Å². The molecule has 1 N–H and O–H groups in total. The van der Waals surface area contributed by atoms with Gasteiger partial charge in [0, 0.05) is 24.3 Å². The fourth-order valence-corrected chi connectivity index (χ4v) is 5.25. The van der Waals surface area contributed by atoms with Crippen LogP contribution in [0.5, 0.6) is 5.75 Å². The number of benzene rings is 3. The Morgan fingerprint density at radius 2 is 1.85 bits per heavy atom. The van der Waals surface area contributed by atoms with E-state index >= 15 is 0 Å². The van der Waals surface area contributed by atoms with Gasteiger partial charge < -0.3 is 9.74 Å². The molecule has 1 amide bonds. The van der Waals surface area contributed by atoms with E-state index in [0.717, 1.165) is 30.6 Å². The zero-order valence-electron chi connectivity index (χ0n) is 19.4. The van der Waals surface area contributed by atoms with E-state index < -0.39 is 15.9 Å². The second-order valence-electron chi connectivity index (χ2n) is 8.27. The maximum atomic E-state index is 12.6. The third-order valence-electron chi connectivity index (χ3n) is 5.80. The summed E-state index contributed by atoms with van der Waals surface area (Å²) in [5.41, 5.74) is 5.24. The van der Waals surface area contributed by atoms with Crippen molar-refractivity contribution in [1.82, 2.24) is 4.72 Å². The molecular weight excluding hydrogens is 450 g/mol. The molecule has 176 valence electrons. The topological polar surface area (TPSA) is 88.1 Å². The minimum atomic E-state index is -3.98. The van der Waals surface area contributed by atoms with Crippen LogP contribution in [0.15, 0.2) is 70.7 Å².